The first-order valence-corrected chi connectivity index (χ1v) is 6.44. The normalized spacial score (nSPS) is 17.2. The number of esters is 1. The first kappa shape index (κ1) is 14.7. The molecule has 1 amide bonds. The van der Waals surface area contributed by atoms with E-state index in [-0.39, 0.29) is 24.5 Å². The summed E-state index contributed by atoms with van der Waals surface area (Å²) in [5.74, 6) is -1.13. The summed E-state index contributed by atoms with van der Waals surface area (Å²) in [4.78, 5) is 42.0. The van der Waals surface area contributed by atoms with Crippen LogP contribution in [0.4, 0.5) is 5.82 Å². The van der Waals surface area contributed by atoms with Gasteiger partial charge in [-0.1, -0.05) is 5.92 Å². The first-order chi connectivity index (χ1) is 10.0. The summed E-state index contributed by atoms with van der Waals surface area (Å²) in [7, 11) is 0. The van der Waals surface area contributed by atoms with Crippen molar-refractivity contribution in [1.29, 1.82) is 0 Å². The van der Waals surface area contributed by atoms with E-state index in [1.807, 2.05) is 0 Å². The Balaban J connectivity index is 2.54. The van der Waals surface area contributed by atoms with Gasteiger partial charge in [-0.15, -0.1) is 6.42 Å². The lowest BCUT2D eigenvalue weighted by Crippen LogP contribution is -2.49. The topological polar surface area (TPSA) is 76.6 Å². The minimum absolute atomic E-state index is 0.0640. The van der Waals surface area contributed by atoms with E-state index in [4.69, 9.17) is 11.2 Å². The highest BCUT2D eigenvalue weighted by atomic mass is 16.5. The number of rotatable bonds is 3. The zero-order valence-corrected chi connectivity index (χ0v) is 11.8. The molecular formula is C15H14N2O4. The zero-order valence-electron chi connectivity index (χ0n) is 11.8. The van der Waals surface area contributed by atoms with Gasteiger partial charge < -0.3 is 4.74 Å². The van der Waals surface area contributed by atoms with Gasteiger partial charge >= 0.3 is 5.97 Å². The number of amides is 1. The number of carbonyl (C=O) groups excluding carboxylic acids is 3. The molecule has 1 aromatic rings. The first-order valence-electron chi connectivity index (χ1n) is 6.44. The van der Waals surface area contributed by atoms with Gasteiger partial charge in [0, 0.05) is 5.69 Å². The molecule has 6 nitrogen and oxygen atoms in total. The minimum atomic E-state index is -1.50. The number of hydrogen-bond acceptors (Lipinski definition) is 5. The fourth-order valence-electron chi connectivity index (χ4n) is 2.15. The van der Waals surface area contributed by atoms with E-state index in [1.54, 1.807) is 26.0 Å². The summed E-state index contributed by atoms with van der Waals surface area (Å²) in [6.45, 7) is 3.37. The van der Waals surface area contributed by atoms with Crippen molar-refractivity contribution in [3.8, 4) is 12.3 Å². The molecule has 1 aromatic heterocycles. The highest BCUT2D eigenvalue weighted by molar-refractivity contribution is 6.29. The summed E-state index contributed by atoms with van der Waals surface area (Å²) in [5, 5.41) is 0. The van der Waals surface area contributed by atoms with Crippen molar-refractivity contribution in [3.63, 3.8) is 0 Å². The van der Waals surface area contributed by atoms with Crippen LogP contribution in [0, 0.1) is 25.2 Å². The summed E-state index contributed by atoms with van der Waals surface area (Å²) >= 11 is 0. The predicted octanol–water partition coefficient (Wildman–Crippen LogP) is 0.732. The molecular weight excluding hydrogens is 272 g/mol. The summed E-state index contributed by atoms with van der Waals surface area (Å²) < 4.78 is 4.81. The van der Waals surface area contributed by atoms with Crippen molar-refractivity contribution >= 4 is 23.5 Å². The average molecular weight is 286 g/mol. The second kappa shape index (κ2) is 5.75. The van der Waals surface area contributed by atoms with Crippen LogP contribution in [-0.2, 0) is 14.3 Å². The summed E-state index contributed by atoms with van der Waals surface area (Å²) in [6.07, 6.45) is 5.26. The average Bonchev–Trinajstić information content (AvgIpc) is 2.43. The molecule has 0 spiro atoms. The lowest BCUT2D eigenvalue weighted by atomic mass is 9.92. The molecule has 0 saturated heterocycles. The molecule has 21 heavy (non-hydrogen) atoms. The molecule has 0 aliphatic carbocycles. The van der Waals surface area contributed by atoms with Crippen molar-refractivity contribution in [3.05, 3.63) is 23.4 Å². The zero-order chi connectivity index (χ0) is 15.6. The number of nitrogens with zero attached hydrogens (tertiary/aromatic N) is 2. The minimum Gasteiger partial charge on any atom is -0.465 e. The van der Waals surface area contributed by atoms with Crippen LogP contribution in [0.25, 0.3) is 0 Å². The van der Waals surface area contributed by atoms with Crippen molar-refractivity contribution in [2.45, 2.75) is 13.8 Å². The molecule has 0 bridgehead atoms. The Morgan fingerprint density at radius 3 is 2.81 bits per heavy atom. The maximum Gasteiger partial charge on any atom is 0.326 e. The number of hydrogen-bond donors (Lipinski definition) is 0. The molecule has 0 N–H and O–H groups in total. The van der Waals surface area contributed by atoms with Gasteiger partial charge in [-0.2, -0.15) is 0 Å². The van der Waals surface area contributed by atoms with Gasteiger partial charge in [0.15, 0.2) is 11.7 Å². The number of aryl methyl sites for hydroxylation is 1. The van der Waals surface area contributed by atoms with Gasteiger partial charge in [0.2, 0.25) is 0 Å². The van der Waals surface area contributed by atoms with Gasteiger partial charge in [0.1, 0.15) is 5.82 Å². The van der Waals surface area contributed by atoms with Crippen LogP contribution < -0.4 is 4.90 Å². The van der Waals surface area contributed by atoms with E-state index < -0.39 is 23.6 Å². The Kier molecular flexibility index (Phi) is 4.03. The molecule has 1 atom stereocenters. The molecule has 2 heterocycles. The maximum absolute atomic E-state index is 12.4. The molecule has 6 heteroatoms. The van der Waals surface area contributed by atoms with Crippen molar-refractivity contribution < 1.29 is 19.1 Å². The lowest BCUT2D eigenvalue weighted by molar-refractivity contribution is -0.149. The van der Waals surface area contributed by atoms with Crippen LogP contribution in [0.3, 0.4) is 0 Å². The number of pyridine rings is 1. The number of Topliss-reactive ketones (excluding diaryl/α,β-unsaturated/α-hetero) is 1. The predicted molar refractivity (Wildman–Crippen MR) is 74.6 cm³/mol. The van der Waals surface area contributed by atoms with Gasteiger partial charge in [-0.05, 0) is 26.0 Å². The molecule has 0 unspecified atom stereocenters. The molecule has 0 radical (unpaired) electrons. The van der Waals surface area contributed by atoms with Gasteiger partial charge in [0.05, 0.1) is 18.7 Å². The van der Waals surface area contributed by atoms with E-state index in [1.165, 1.54) is 4.90 Å². The SMILES string of the molecule is C#CCN1C(=O)[C@H](C(=O)OCC)C(=O)c2ccc(C)nc21. The lowest BCUT2D eigenvalue weighted by Gasteiger charge is -2.30. The number of ketones is 1. The van der Waals surface area contributed by atoms with Crippen molar-refractivity contribution in [1.82, 2.24) is 4.98 Å². The Morgan fingerprint density at radius 1 is 1.48 bits per heavy atom. The number of fused-ring (bicyclic) bond motifs is 1. The van der Waals surface area contributed by atoms with Crippen LogP contribution in [0.5, 0.6) is 0 Å². The second-order valence-electron chi connectivity index (χ2n) is 4.50. The third kappa shape index (κ3) is 2.50. The molecule has 1 aliphatic heterocycles. The highest BCUT2D eigenvalue weighted by Crippen LogP contribution is 2.29. The Bertz CT molecular complexity index is 660. The van der Waals surface area contributed by atoms with Crippen LogP contribution in [0.1, 0.15) is 23.0 Å². The Hall–Kier alpha value is -2.68. The molecule has 1 aliphatic rings. The number of carbonyl (C=O) groups is 3. The Morgan fingerprint density at radius 2 is 2.19 bits per heavy atom. The van der Waals surface area contributed by atoms with Crippen LogP contribution in [-0.4, -0.2) is 35.8 Å². The molecule has 0 saturated carbocycles. The van der Waals surface area contributed by atoms with Gasteiger partial charge in [-0.25, -0.2) is 4.98 Å². The molecule has 2 rings (SSSR count). The van der Waals surface area contributed by atoms with Crippen LogP contribution in [0.15, 0.2) is 12.1 Å². The standard InChI is InChI=1S/C15H14N2O4/c1-4-8-17-13-10(7-6-9(3)16-13)12(18)11(14(17)19)15(20)21-5-2/h1,6-7,11H,5,8H2,2-3H3/t11-/m1/s1. The van der Waals surface area contributed by atoms with Gasteiger partial charge in [0.25, 0.3) is 5.91 Å². The molecule has 108 valence electrons. The smallest absolute Gasteiger partial charge is 0.326 e. The quantitative estimate of drug-likeness (QED) is 0.465. The maximum atomic E-state index is 12.4. The van der Waals surface area contributed by atoms with E-state index in [0.29, 0.717) is 5.69 Å². The summed E-state index contributed by atoms with van der Waals surface area (Å²) in [6, 6.07) is 3.19. The third-order valence-electron chi connectivity index (χ3n) is 3.08. The highest BCUT2D eigenvalue weighted by Gasteiger charge is 2.45. The van der Waals surface area contributed by atoms with Gasteiger partial charge in [-0.3, -0.25) is 19.3 Å². The number of ether oxygens (including phenoxy) is 1. The fraction of sp³-hybridized carbons (Fsp3) is 0.333. The molecule has 0 fully saturated rings. The number of terminal acetylenes is 1. The second-order valence-corrected chi connectivity index (χ2v) is 4.50. The largest absolute Gasteiger partial charge is 0.465 e. The molecule has 0 aromatic carbocycles. The Labute approximate surface area is 122 Å². The number of anilines is 1. The third-order valence-corrected chi connectivity index (χ3v) is 3.08. The van der Waals surface area contributed by atoms with E-state index in [2.05, 4.69) is 10.9 Å². The van der Waals surface area contributed by atoms with Crippen molar-refractivity contribution in [2.24, 2.45) is 5.92 Å². The van der Waals surface area contributed by atoms with Crippen LogP contribution in [0.2, 0.25) is 0 Å². The fourth-order valence-corrected chi connectivity index (χ4v) is 2.15. The number of aromatic nitrogens is 1. The van der Waals surface area contributed by atoms with E-state index in [0.717, 1.165) is 0 Å². The van der Waals surface area contributed by atoms with E-state index >= 15 is 0 Å². The van der Waals surface area contributed by atoms with Crippen LogP contribution >= 0.6 is 0 Å². The summed E-state index contributed by atoms with van der Waals surface area (Å²) in [5.41, 5.74) is 0.847. The van der Waals surface area contributed by atoms with E-state index in [9.17, 15) is 14.4 Å². The van der Waals surface area contributed by atoms with Crippen molar-refractivity contribution in [2.75, 3.05) is 18.1 Å². The monoisotopic (exact) mass is 286 g/mol.